The van der Waals surface area contributed by atoms with Gasteiger partial charge in [0.15, 0.2) is 4.77 Å². The summed E-state index contributed by atoms with van der Waals surface area (Å²) >= 11 is 5.20. The first-order chi connectivity index (χ1) is 13.1. The van der Waals surface area contributed by atoms with Gasteiger partial charge >= 0.3 is 12.1 Å². The molecule has 1 N–H and O–H groups in total. The van der Waals surface area contributed by atoms with Crippen molar-refractivity contribution in [1.82, 2.24) is 14.5 Å². The number of esters is 1. The van der Waals surface area contributed by atoms with E-state index in [1.807, 2.05) is 0 Å². The maximum absolute atomic E-state index is 13.0. The van der Waals surface area contributed by atoms with Crippen LogP contribution in [0.25, 0.3) is 11.0 Å². The number of pyridine rings is 1. The summed E-state index contributed by atoms with van der Waals surface area (Å²) < 4.78 is 44.0. The highest BCUT2D eigenvalue weighted by molar-refractivity contribution is 7.71. The average Bonchev–Trinajstić information content (AvgIpc) is 2.63. The summed E-state index contributed by atoms with van der Waals surface area (Å²) in [6.45, 7) is 1.58. The van der Waals surface area contributed by atoms with Crippen LogP contribution in [0.1, 0.15) is 27.2 Å². The number of nitrogens with one attached hydrogen (secondary N) is 1. The topological polar surface area (TPSA) is 77.0 Å². The number of H-pyrrole nitrogens is 1. The Bertz CT molecular complexity index is 1180. The van der Waals surface area contributed by atoms with Crippen LogP contribution < -0.4 is 5.56 Å². The molecule has 0 saturated heterocycles. The molecule has 0 saturated carbocycles. The normalized spacial score (nSPS) is 11.6. The third-order valence-electron chi connectivity index (χ3n) is 4.10. The number of hydrogen-bond acceptors (Lipinski definition) is 5. The van der Waals surface area contributed by atoms with Gasteiger partial charge in [0.1, 0.15) is 5.65 Å². The van der Waals surface area contributed by atoms with Gasteiger partial charge in [0.05, 0.1) is 30.2 Å². The summed E-state index contributed by atoms with van der Waals surface area (Å²) in [5.41, 5.74) is -0.292. The molecular weight excluding hydrogens is 395 g/mol. The minimum Gasteiger partial charge on any atom is -0.465 e. The summed E-state index contributed by atoms with van der Waals surface area (Å²) in [7, 11) is 1.19. The summed E-state index contributed by atoms with van der Waals surface area (Å²) in [6.07, 6.45) is -4.45. The van der Waals surface area contributed by atoms with Crippen LogP contribution in [-0.4, -0.2) is 27.6 Å². The Hall–Kier alpha value is -3.01. The van der Waals surface area contributed by atoms with Crippen LogP contribution >= 0.6 is 12.2 Å². The number of hydrogen-bond donors (Lipinski definition) is 1. The van der Waals surface area contributed by atoms with Gasteiger partial charge in [-0.2, -0.15) is 13.2 Å². The van der Waals surface area contributed by atoms with Crippen molar-refractivity contribution in [2.45, 2.75) is 19.6 Å². The van der Waals surface area contributed by atoms with E-state index in [-0.39, 0.29) is 27.9 Å². The summed E-state index contributed by atoms with van der Waals surface area (Å²) in [5.74, 6) is -0.709. The minimum atomic E-state index is -4.45. The quantitative estimate of drug-likeness (QED) is 0.528. The van der Waals surface area contributed by atoms with Crippen molar-refractivity contribution in [3.05, 3.63) is 67.8 Å². The number of halogens is 3. The molecule has 0 fully saturated rings. The molecule has 0 unspecified atom stereocenters. The Balaban J connectivity index is 2.14. The molecular formula is C18H14F3N3O3S. The monoisotopic (exact) mass is 409 g/mol. The highest BCUT2D eigenvalue weighted by atomic mass is 32.1. The van der Waals surface area contributed by atoms with Crippen molar-refractivity contribution in [3.63, 3.8) is 0 Å². The molecule has 2 aromatic heterocycles. The lowest BCUT2D eigenvalue weighted by molar-refractivity contribution is -0.137. The van der Waals surface area contributed by atoms with E-state index in [4.69, 9.17) is 17.0 Å². The van der Waals surface area contributed by atoms with Gasteiger partial charge < -0.3 is 9.72 Å². The van der Waals surface area contributed by atoms with Crippen molar-refractivity contribution in [2.75, 3.05) is 7.11 Å². The lowest BCUT2D eigenvalue weighted by atomic mass is 10.1. The maximum atomic E-state index is 13.0. The SMILES string of the molecule is COC(=O)c1cc(C)nc2[nH]c(=S)n(Cc3ccc(C(F)(F)F)cc3)c(=O)c12. The number of aromatic amines is 1. The number of alkyl halides is 3. The second-order valence-corrected chi connectivity index (χ2v) is 6.43. The first-order valence-electron chi connectivity index (χ1n) is 8.00. The van der Waals surface area contributed by atoms with Crippen molar-refractivity contribution in [2.24, 2.45) is 0 Å². The van der Waals surface area contributed by atoms with Gasteiger partial charge in [0.2, 0.25) is 0 Å². The van der Waals surface area contributed by atoms with Crippen LogP contribution in [0.2, 0.25) is 0 Å². The Morgan fingerprint density at radius 2 is 1.93 bits per heavy atom. The van der Waals surface area contributed by atoms with E-state index in [1.165, 1.54) is 25.3 Å². The minimum absolute atomic E-state index is 0.00189. The fourth-order valence-electron chi connectivity index (χ4n) is 2.77. The molecule has 28 heavy (non-hydrogen) atoms. The second-order valence-electron chi connectivity index (χ2n) is 6.04. The van der Waals surface area contributed by atoms with E-state index in [2.05, 4.69) is 9.97 Å². The Kier molecular flexibility index (Phi) is 5.07. The zero-order valence-electron chi connectivity index (χ0n) is 14.8. The molecule has 0 atom stereocenters. The lowest BCUT2D eigenvalue weighted by Crippen LogP contribution is -2.25. The van der Waals surface area contributed by atoms with Crippen LogP contribution in [0.3, 0.4) is 0 Å². The first kappa shape index (κ1) is 19.7. The lowest BCUT2D eigenvalue weighted by Gasteiger charge is -2.12. The fraction of sp³-hybridized carbons (Fsp3) is 0.222. The number of fused-ring (bicyclic) bond motifs is 1. The van der Waals surface area contributed by atoms with Gasteiger partial charge in [0, 0.05) is 5.69 Å². The predicted octanol–water partition coefficient (Wildman–Crippen LogP) is 3.62. The molecule has 0 amide bonds. The molecule has 2 heterocycles. The largest absolute Gasteiger partial charge is 0.465 e. The number of aromatic nitrogens is 3. The molecule has 0 aliphatic heterocycles. The molecule has 0 aliphatic rings. The van der Waals surface area contributed by atoms with Gasteiger partial charge in [-0.15, -0.1) is 0 Å². The zero-order valence-corrected chi connectivity index (χ0v) is 15.6. The van der Waals surface area contributed by atoms with Gasteiger partial charge in [-0.25, -0.2) is 9.78 Å². The van der Waals surface area contributed by atoms with E-state index in [0.29, 0.717) is 11.3 Å². The second kappa shape index (κ2) is 7.19. The standard InChI is InChI=1S/C18H14F3N3O3S/c1-9-7-12(16(26)27-2)13-14(22-9)23-17(28)24(15(13)25)8-10-3-5-11(6-4-10)18(19,20)21/h3-7H,8H2,1-2H3,(H,22,23,28). The van der Waals surface area contributed by atoms with Gasteiger partial charge in [-0.3, -0.25) is 9.36 Å². The number of methoxy groups -OCH3 is 1. The van der Waals surface area contributed by atoms with Crippen LogP contribution in [0.4, 0.5) is 13.2 Å². The summed E-state index contributed by atoms with van der Waals surface area (Å²) in [5, 5.41) is -0.00189. The molecule has 10 heteroatoms. The smallest absolute Gasteiger partial charge is 0.416 e. The van der Waals surface area contributed by atoms with E-state index in [0.717, 1.165) is 16.7 Å². The van der Waals surface area contributed by atoms with E-state index < -0.39 is 23.3 Å². The molecule has 0 radical (unpaired) electrons. The molecule has 0 bridgehead atoms. The van der Waals surface area contributed by atoms with Gasteiger partial charge in [0.25, 0.3) is 5.56 Å². The first-order valence-corrected chi connectivity index (χ1v) is 8.41. The zero-order chi connectivity index (χ0) is 20.6. The number of carbonyl (C=O) groups excluding carboxylic acids is 1. The van der Waals surface area contributed by atoms with Crippen molar-refractivity contribution in [1.29, 1.82) is 0 Å². The molecule has 3 aromatic rings. The Labute approximate surface area is 161 Å². The Morgan fingerprint density at radius 3 is 2.50 bits per heavy atom. The van der Waals surface area contributed by atoms with Crippen molar-refractivity contribution >= 4 is 29.2 Å². The van der Waals surface area contributed by atoms with E-state index in [1.54, 1.807) is 6.92 Å². The van der Waals surface area contributed by atoms with Crippen molar-refractivity contribution < 1.29 is 22.7 Å². The number of ether oxygens (including phenoxy) is 1. The number of aryl methyl sites for hydroxylation is 1. The molecule has 0 spiro atoms. The van der Waals surface area contributed by atoms with Crippen LogP contribution in [0, 0.1) is 11.7 Å². The van der Waals surface area contributed by atoms with Crippen molar-refractivity contribution in [3.8, 4) is 0 Å². The third kappa shape index (κ3) is 3.68. The van der Waals surface area contributed by atoms with E-state index >= 15 is 0 Å². The predicted molar refractivity (Wildman–Crippen MR) is 97.8 cm³/mol. The summed E-state index contributed by atoms with van der Waals surface area (Å²) in [4.78, 5) is 32.0. The van der Waals surface area contributed by atoms with Crippen LogP contribution in [-0.2, 0) is 17.5 Å². The molecule has 1 aromatic carbocycles. The molecule has 0 aliphatic carbocycles. The highest BCUT2D eigenvalue weighted by Crippen LogP contribution is 2.29. The number of carbonyl (C=O) groups is 1. The molecule has 6 nitrogen and oxygen atoms in total. The average molecular weight is 409 g/mol. The third-order valence-corrected chi connectivity index (χ3v) is 4.43. The molecule has 3 rings (SSSR count). The summed E-state index contributed by atoms with van der Waals surface area (Å²) in [6, 6.07) is 5.82. The fourth-order valence-corrected chi connectivity index (χ4v) is 3.02. The van der Waals surface area contributed by atoms with Gasteiger partial charge in [-0.05, 0) is 42.9 Å². The number of benzene rings is 1. The molecule has 146 valence electrons. The van der Waals surface area contributed by atoms with Gasteiger partial charge in [-0.1, -0.05) is 12.1 Å². The maximum Gasteiger partial charge on any atom is 0.416 e. The highest BCUT2D eigenvalue weighted by Gasteiger charge is 2.30. The Morgan fingerprint density at radius 1 is 1.29 bits per heavy atom. The van der Waals surface area contributed by atoms with Crippen LogP contribution in [0.5, 0.6) is 0 Å². The number of rotatable bonds is 3. The van der Waals surface area contributed by atoms with Crippen LogP contribution in [0.15, 0.2) is 35.1 Å². The van der Waals surface area contributed by atoms with E-state index in [9.17, 15) is 22.8 Å². The number of nitrogens with zero attached hydrogens (tertiary/aromatic N) is 2.